The van der Waals surface area contributed by atoms with Gasteiger partial charge in [0.15, 0.2) is 11.5 Å². The molecule has 128 valence electrons. The number of rotatable bonds is 8. The number of nitrogens with one attached hydrogen (secondary N) is 1. The largest absolute Gasteiger partial charge is 0.491 e. The molecular weight excluding hydrogens is 306 g/mol. The molecular formula is C19H23NO4. The summed E-state index contributed by atoms with van der Waals surface area (Å²) >= 11 is 0. The molecule has 0 aromatic heterocycles. The van der Waals surface area contributed by atoms with E-state index in [-0.39, 0.29) is 6.61 Å². The summed E-state index contributed by atoms with van der Waals surface area (Å²) in [7, 11) is 0. The van der Waals surface area contributed by atoms with Gasteiger partial charge in [-0.25, -0.2) is 0 Å². The molecule has 0 saturated heterocycles. The van der Waals surface area contributed by atoms with Gasteiger partial charge in [0.25, 0.3) is 0 Å². The Hall–Kier alpha value is -2.24. The summed E-state index contributed by atoms with van der Waals surface area (Å²) in [4.78, 5) is 0. The average Bonchev–Trinajstić information content (AvgIpc) is 3.05. The Labute approximate surface area is 142 Å². The zero-order chi connectivity index (χ0) is 16.8. The van der Waals surface area contributed by atoms with Gasteiger partial charge in [-0.2, -0.15) is 0 Å². The topological polar surface area (TPSA) is 60.0 Å². The molecule has 1 aliphatic rings. The average molecular weight is 329 g/mol. The lowest BCUT2D eigenvalue weighted by molar-refractivity contribution is 0.106. The zero-order valence-electron chi connectivity index (χ0n) is 13.8. The van der Waals surface area contributed by atoms with Gasteiger partial charge in [0.05, 0.1) is 0 Å². The molecule has 1 atom stereocenters. The number of hydrogen-bond donors (Lipinski definition) is 2. The smallest absolute Gasteiger partial charge is 0.231 e. The predicted octanol–water partition coefficient (Wildman–Crippen LogP) is 2.30. The molecule has 2 aromatic carbocycles. The van der Waals surface area contributed by atoms with Crippen LogP contribution in [0.25, 0.3) is 0 Å². The van der Waals surface area contributed by atoms with Crippen LogP contribution >= 0.6 is 0 Å². The first kappa shape index (κ1) is 16.6. The number of aliphatic hydroxyl groups is 1. The van der Waals surface area contributed by atoms with Crippen LogP contribution < -0.4 is 19.5 Å². The first-order chi connectivity index (χ1) is 11.7. The van der Waals surface area contributed by atoms with Crippen molar-refractivity contribution < 1.29 is 19.3 Å². The van der Waals surface area contributed by atoms with E-state index in [9.17, 15) is 5.11 Å². The van der Waals surface area contributed by atoms with Gasteiger partial charge in [0.2, 0.25) is 6.79 Å². The van der Waals surface area contributed by atoms with Gasteiger partial charge < -0.3 is 24.6 Å². The Morgan fingerprint density at radius 2 is 2.04 bits per heavy atom. The van der Waals surface area contributed by atoms with Crippen LogP contribution in [0.3, 0.4) is 0 Å². The molecule has 0 spiro atoms. The van der Waals surface area contributed by atoms with Gasteiger partial charge in [-0.15, -0.1) is 0 Å². The van der Waals surface area contributed by atoms with Crippen LogP contribution in [-0.4, -0.2) is 37.7 Å². The number of benzene rings is 2. The van der Waals surface area contributed by atoms with E-state index >= 15 is 0 Å². The van der Waals surface area contributed by atoms with Gasteiger partial charge >= 0.3 is 0 Å². The molecule has 0 fully saturated rings. The number of hydrogen-bond acceptors (Lipinski definition) is 5. The molecule has 5 heteroatoms. The van der Waals surface area contributed by atoms with Gasteiger partial charge in [0, 0.05) is 6.54 Å². The van der Waals surface area contributed by atoms with Crippen molar-refractivity contribution >= 4 is 0 Å². The summed E-state index contributed by atoms with van der Waals surface area (Å²) < 4.78 is 16.3. The van der Waals surface area contributed by atoms with E-state index in [0.717, 1.165) is 35.8 Å². The third-order valence-corrected chi connectivity index (χ3v) is 3.84. The third-order valence-electron chi connectivity index (χ3n) is 3.84. The number of aliphatic hydroxyl groups excluding tert-OH is 1. The van der Waals surface area contributed by atoms with Crippen molar-refractivity contribution in [3.63, 3.8) is 0 Å². The molecule has 0 aliphatic carbocycles. The number of fused-ring (bicyclic) bond motifs is 1. The molecule has 1 aliphatic heterocycles. The molecule has 2 N–H and O–H groups in total. The first-order valence-corrected chi connectivity index (χ1v) is 8.17. The van der Waals surface area contributed by atoms with Crippen molar-refractivity contribution in [1.82, 2.24) is 5.32 Å². The van der Waals surface area contributed by atoms with Crippen LogP contribution in [0.2, 0.25) is 0 Å². The van der Waals surface area contributed by atoms with E-state index in [1.807, 2.05) is 49.4 Å². The fourth-order valence-electron chi connectivity index (χ4n) is 2.55. The first-order valence-electron chi connectivity index (χ1n) is 8.17. The lowest BCUT2D eigenvalue weighted by Crippen LogP contribution is -2.32. The van der Waals surface area contributed by atoms with Crippen molar-refractivity contribution in [2.24, 2.45) is 0 Å². The second kappa shape index (κ2) is 8.04. The summed E-state index contributed by atoms with van der Waals surface area (Å²) in [6.07, 6.45) is 0.324. The Morgan fingerprint density at radius 1 is 1.17 bits per heavy atom. The van der Waals surface area contributed by atoms with Crippen molar-refractivity contribution in [3.8, 4) is 17.2 Å². The lowest BCUT2D eigenvalue weighted by Gasteiger charge is -2.13. The Balaban J connectivity index is 1.34. The van der Waals surface area contributed by atoms with Crippen LogP contribution in [0.4, 0.5) is 0 Å². The van der Waals surface area contributed by atoms with Gasteiger partial charge in [-0.1, -0.05) is 18.2 Å². The second-order valence-corrected chi connectivity index (χ2v) is 5.92. The Bertz CT molecular complexity index is 674. The summed E-state index contributed by atoms with van der Waals surface area (Å²) in [5.41, 5.74) is 2.32. The van der Waals surface area contributed by atoms with Crippen LogP contribution in [-0.2, 0) is 6.42 Å². The maximum atomic E-state index is 9.98. The second-order valence-electron chi connectivity index (χ2n) is 5.92. The van der Waals surface area contributed by atoms with Crippen molar-refractivity contribution in [2.45, 2.75) is 19.4 Å². The summed E-state index contributed by atoms with van der Waals surface area (Å²) in [6.45, 7) is 3.86. The molecule has 0 radical (unpaired) electrons. The Morgan fingerprint density at radius 3 is 2.92 bits per heavy atom. The minimum atomic E-state index is -0.540. The fraction of sp³-hybridized carbons (Fsp3) is 0.368. The van der Waals surface area contributed by atoms with Crippen molar-refractivity contribution in [3.05, 3.63) is 53.6 Å². The molecule has 0 bridgehead atoms. The van der Waals surface area contributed by atoms with Gasteiger partial charge in [-0.05, 0) is 55.3 Å². The number of aryl methyl sites for hydroxylation is 1. The SMILES string of the molecule is Cc1cccc(OC[C@@H](O)CNCCc2ccc3c(c2)OCO3)c1. The normalized spacial score (nSPS) is 13.8. The van der Waals surface area contributed by atoms with Crippen molar-refractivity contribution in [2.75, 3.05) is 26.5 Å². The van der Waals surface area contributed by atoms with Gasteiger partial charge in [-0.3, -0.25) is 0 Å². The summed E-state index contributed by atoms with van der Waals surface area (Å²) in [6, 6.07) is 13.8. The van der Waals surface area contributed by atoms with E-state index < -0.39 is 6.10 Å². The van der Waals surface area contributed by atoms with Crippen LogP contribution in [0.1, 0.15) is 11.1 Å². The minimum absolute atomic E-state index is 0.278. The highest BCUT2D eigenvalue weighted by Crippen LogP contribution is 2.32. The number of ether oxygens (including phenoxy) is 3. The highest BCUT2D eigenvalue weighted by molar-refractivity contribution is 5.44. The van der Waals surface area contributed by atoms with E-state index in [0.29, 0.717) is 13.3 Å². The molecule has 0 unspecified atom stereocenters. The summed E-state index contributed by atoms with van der Waals surface area (Å²) in [5, 5.41) is 13.2. The molecule has 2 aromatic rings. The maximum absolute atomic E-state index is 9.98. The quantitative estimate of drug-likeness (QED) is 0.728. The fourth-order valence-corrected chi connectivity index (χ4v) is 2.55. The minimum Gasteiger partial charge on any atom is -0.491 e. The highest BCUT2D eigenvalue weighted by Gasteiger charge is 2.13. The van der Waals surface area contributed by atoms with E-state index in [2.05, 4.69) is 5.32 Å². The summed E-state index contributed by atoms with van der Waals surface area (Å²) in [5.74, 6) is 2.39. The highest BCUT2D eigenvalue weighted by atomic mass is 16.7. The molecule has 1 heterocycles. The van der Waals surface area contributed by atoms with E-state index in [4.69, 9.17) is 14.2 Å². The van der Waals surface area contributed by atoms with Crippen LogP contribution in [0.5, 0.6) is 17.2 Å². The van der Waals surface area contributed by atoms with Crippen LogP contribution in [0, 0.1) is 6.92 Å². The molecule has 0 saturated carbocycles. The van der Waals surface area contributed by atoms with Crippen molar-refractivity contribution in [1.29, 1.82) is 0 Å². The van der Waals surface area contributed by atoms with E-state index in [1.54, 1.807) is 0 Å². The molecule has 3 rings (SSSR count). The lowest BCUT2D eigenvalue weighted by atomic mass is 10.1. The van der Waals surface area contributed by atoms with Crippen LogP contribution in [0.15, 0.2) is 42.5 Å². The van der Waals surface area contributed by atoms with E-state index in [1.165, 1.54) is 5.56 Å². The predicted molar refractivity (Wildman–Crippen MR) is 91.8 cm³/mol. The van der Waals surface area contributed by atoms with Gasteiger partial charge in [0.1, 0.15) is 18.5 Å². The Kier molecular flexibility index (Phi) is 5.56. The third kappa shape index (κ3) is 4.63. The maximum Gasteiger partial charge on any atom is 0.231 e. The zero-order valence-corrected chi connectivity index (χ0v) is 13.8. The molecule has 5 nitrogen and oxygen atoms in total. The molecule has 0 amide bonds. The monoisotopic (exact) mass is 329 g/mol. The standard InChI is InChI=1S/C19H23NO4/c1-14-3-2-4-17(9-14)22-12-16(21)11-20-8-7-15-5-6-18-19(10-15)24-13-23-18/h2-6,9-10,16,20-21H,7-8,11-13H2,1H3/t16-/m0/s1. The molecule has 24 heavy (non-hydrogen) atoms.